The maximum absolute atomic E-state index is 13.3. The molecule has 3 aromatic carbocycles. The third-order valence-corrected chi connectivity index (χ3v) is 6.50. The molecule has 0 aromatic heterocycles. The first-order valence-electron chi connectivity index (χ1n) is 9.72. The highest BCUT2D eigenvalue weighted by atomic mass is 35.5. The fourth-order valence-electron chi connectivity index (χ4n) is 2.90. The fourth-order valence-corrected chi connectivity index (χ4v) is 4.47. The fraction of sp³-hybridized carbons (Fsp3) is 0.174. The van der Waals surface area contributed by atoms with Crippen molar-refractivity contribution in [3.05, 3.63) is 89.4 Å². The van der Waals surface area contributed by atoms with Gasteiger partial charge >= 0.3 is 0 Å². The quantitative estimate of drug-likeness (QED) is 0.520. The predicted molar refractivity (Wildman–Crippen MR) is 122 cm³/mol. The van der Waals surface area contributed by atoms with E-state index in [0.29, 0.717) is 23.1 Å². The summed E-state index contributed by atoms with van der Waals surface area (Å²) in [5.41, 5.74) is 1.23. The lowest BCUT2D eigenvalue weighted by atomic mass is 10.2. The van der Waals surface area contributed by atoms with Crippen molar-refractivity contribution in [3.63, 3.8) is 0 Å². The van der Waals surface area contributed by atoms with Crippen molar-refractivity contribution in [2.75, 3.05) is 17.5 Å². The van der Waals surface area contributed by atoms with E-state index in [-0.39, 0.29) is 18.0 Å². The lowest BCUT2D eigenvalue weighted by molar-refractivity contribution is -0.119. The second-order valence-corrected chi connectivity index (χ2v) is 8.95. The molecule has 0 radical (unpaired) electrons. The van der Waals surface area contributed by atoms with Crippen molar-refractivity contribution in [1.29, 1.82) is 0 Å². The van der Waals surface area contributed by atoms with Crippen molar-refractivity contribution in [2.45, 2.75) is 18.4 Å². The molecule has 31 heavy (non-hydrogen) atoms. The summed E-state index contributed by atoms with van der Waals surface area (Å²) in [4.78, 5) is 12.8. The van der Waals surface area contributed by atoms with E-state index >= 15 is 0 Å². The number of benzene rings is 3. The van der Waals surface area contributed by atoms with Crippen LogP contribution in [-0.2, 0) is 21.4 Å². The Morgan fingerprint density at radius 3 is 2.23 bits per heavy atom. The van der Waals surface area contributed by atoms with Gasteiger partial charge in [0, 0.05) is 11.6 Å². The number of hydrogen-bond donors (Lipinski definition) is 1. The van der Waals surface area contributed by atoms with Crippen LogP contribution in [0.15, 0.2) is 83.8 Å². The monoisotopic (exact) mass is 458 g/mol. The number of anilines is 1. The van der Waals surface area contributed by atoms with Gasteiger partial charge in [-0.15, -0.1) is 0 Å². The minimum absolute atomic E-state index is 0.106. The highest BCUT2D eigenvalue weighted by Crippen LogP contribution is 2.25. The molecular formula is C23H23ClN2O4S. The van der Waals surface area contributed by atoms with E-state index in [1.807, 2.05) is 6.92 Å². The Bertz CT molecular complexity index is 1100. The molecule has 0 spiro atoms. The highest BCUT2D eigenvalue weighted by Gasteiger charge is 2.27. The number of carbonyl (C=O) groups is 1. The Morgan fingerprint density at radius 2 is 1.61 bits per heavy atom. The predicted octanol–water partition coefficient (Wildman–Crippen LogP) is 4.25. The van der Waals surface area contributed by atoms with Crippen molar-refractivity contribution >= 4 is 33.2 Å². The molecule has 0 aliphatic rings. The molecule has 0 aliphatic heterocycles. The van der Waals surface area contributed by atoms with Gasteiger partial charge in [-0.2, -0.15) is 0 Å². The zero-order valence-electron chi connectivity index (χ0n) is 17.0. The van der Waals surface area contributed by atoms with E-state index in [1.54, 1.807) is 66.7 Å². The van der Waals surface area contributed by atoms with E-state index in [1.165, 1.54) is 12.1 Å². The van der Waals surface area contributed by atoms with Gasteiger partial charge < -0.3 is 10.1 Å². The summed E-state index contributed by atoms with van der Waals surface area (Å²) in [5.74, 6) is 0.193. The van der Waals surface area contributed by atoms with Crippen LogP contribution in [0.1, 0.15) is 12.5 Å². The lowest BCUT2D eigenvalue weighted by Gasteiger charge is -2.24. The topological polar surface area (TPSA) is 75.7 Å². The van der Waals surface area contributed by atoms with Gasteiger partial charge in [0.1, 0.15) is 12.3 Å². The average molecular weight is 459 g/mol. The molecule has 0 atom stereocenters. The molecule has 162 valence electrons. The number of carbonyl (C=O) groups excluding carboxylic acids is 1. The number of nitrogens with one attached hydrogen (secondary N) is 1. The number of amides is 1. The van der Waals surface area contributed by atoms with Crippen molar-refractivity contribution in [2.24, 2.45) is 0 Å². The molecule has 6 nitrogen and oxygen atoms in total. The van der Waals surface area contributed by atoms with Crippen LogP contribution >= 0.6 is 11.6 Å². The van der Waals surface area contributed by atoms with Gasteiger partial charge in [0.05, 0.1) is 17.2 Å². The van der Waals surface area contributed by atoms with Crippen molar-refractivity contribution < 1.29 is 17.9 Å². The summed E-state index contributed by atoms with van der Waals surface area (Å²) in [6.07, 6.45) is 0. The zero-order chi connectivity index (χ0) is 22.3. The Hall–Kier alpha value is -3.03. The summed E-state index contributed by atoms with van der Waals surface area (Å²) >= 11 is 5.88. The third-order valence-electron chi connectivity index (χ3n) is 4.46. The van der Waals surface area contributed by atoms with Crippen LogP contribution in [0, 0.1) is 0 Å². The molecule has 0 bridgehead atoms. The number of ether oxygens (including phenoxy) is 1. The number of hydrogen-bond acceptors (Lipinski definition) is 4. The molecule has 0 aliphatic carbocycles. The van der Waals surface area contributed by atoms with Crippen LogP contribution in [0.5, 0.6) is 5.75 Å². The summed E-state index contributed by atoms with van der Waals surface area (Å²) < 4.78 is 33.1. The van der Waals surface area contributed by atoms with E-state index in [4.69, 9.17) is 16.3 Å². The Balaban J connectivity index is 1.83. The van der Waals surface area contributed by atoms with Crippen LogP contribution in [0.3, 0.4) is 0 Å². The summed E-state index contributed by atoms with van der Waals surface area (Å²) in [7, 11) is -3.95. The largest absolute Gasteiger partial charge is 0.494 e. The summed E-state index contributed by atoms with van der Waals surface area (Å²) in [5, 5.41) is 3.36. The molecule has 1 N–H and O–H groups in total. The van der Waals surface area contributed by atoms with Gasteiger partial charge in [-0.3, -0.25) is 9.10 Å². The maximum atomic E-state index is 13.3. The van der Waals surface area contributed by atoms with Crippen molar-refractivity contribution in [1.82, 2.24) is 5.32 Å². The Kier molecular flexibility index (Phi) is 7.55. The highest BCUT2D eigenvalue weighted by molar-refractivity contribution is 7.92. The molecule has 0 saturated carbocycles. The maximum Gasteiger partial charge on any atom is 0.264 e. The molecular weight excluding hydrogens is 436 g/mol. The first kappa shape index (κ1) is 22.7. The van der Waals surface area contributed by atoms with Crippen LogP contribution in [-0.4, -0.2) is 27.5 Å². The van der Waals surface area contributed by atoms with Gasteiger partial charge in [0.15, 0.2) is 0 Å². The molecule has 3 aromatic rings. The molecule has 0 heterocycles. The van der Waals surface area contributed by atoms with Crippen LogP contribution < -0.4 is 14.4 Å². The van der Waals surface area contributed by atoms with Crippen LogP contribution in [0.2, 0.25) is 5.02 Å². The van der Waals surface area contributed by atoms with Gasteiger partial charge in [0.25, 0.3) is 10.0 Å². The second kappa shape index (κ2) is 10.3. The van der Waals surface area contributed by atoms with Gasteiger partial charge in [-0.05, 0) is 61.0 Å². The smallest absolute Gasteiger partial charge is 0.264 e. The normalized spacial score (nSPS) is 11.0. The molecule has 8 heteroatoms. The van der Waals surface area contributed by atoms with Gasteiger partial charge in [0.2, 0.25) is 5.91 Å². The molecule has 0 unspecified atom stereocenters. The Labute approximate surface area is 187 Å². The van der Waals surface area contributed by atoms with E-state index in [0.717, 1.165) is 9.87 Å². The number of nitrogens with zero attached hydrogens (tertiary/aromatic N) is 1. The first-order valence-corrected chi connectivity index (χ1v) is 11.5. The average Bonchev–Trinajstić information content (AvgIpc) is 2.78. The number of sulfonamides is 1. The van der Waals surface area contributed by atoms with Crippen LogP contribution in [0.4, 0.5) is 5.69 Å². The minimum atomic E-state index is -3.95. The second-order valence-electron chi connectivity index (χ2n) is 6.65. The number of rotatable bonds is 9. The molecule has 3 rings (SSSR count). The standard InChI is InChI=1S/C23H23ClN2O4S/c1-2-30-21-14-12-20(13-15-21)26(31(28,29)22-6-4-3-5-7-22)17-23(27)25-16-18-8-10-19(24)11-9-18/h3-15H,2,16-17H2,1H3,(H,25,27). The summed E-state index contributed by atoms with van der Waals surface area (Å²) in [6, 6.07) is 21.7. The minimum Gasteiger partial charge on any atom is -0.494 e. The zero-order valence-corrected chi connectivity index (χ0v) is 18.6. The van der Waals surface area contributed by atoms with Gasteiger partial charge in [-0.25, -0.2) is 8.42 Å². The summed E-state index contributed by atoms with van der Waals surface area (Å²) in [6.45, 7) is 2.26. The van der Waals surface area contributed by atoms with Crippen LogP contribution in [0.25, 0.3) is 0 Å². The van der Waals surface area contributed by atoms with E-state index in [2.05, 4.69) is 5.32 Å². The third kappa shape index (κ3) is 5.99. The van der Waals surface area contributed by atoms with E-state index < -0.39 is 15.9 Å². The van der Waals surface area contributed by atoms with Gasteiger partial charge in [-0.1, -0.05) is 41.9 Å². The molecule has 0 saturated heterocycles. The number of halogens is 1. The van der Waals surface area contributed by atoms with Crippen molar-refractivity contribution in [3.8, 4) is 5.75 Å². The Morgan fingerprint density at radius 1 is 0.968 bits per heavy atom. The first-order chi connectivity index (χ1) is 14.9. The lowest BCUT2D eigenvalue weighted by Crippen LogP contribution is -2.40. The SMILES string of the molecule is CCOc1ccc(N(CC(=O)NCc2ccc(Cl)cc2)S(=O)(=O)c2ccccc2)cc1. The molecule has 0 fully saturated rings. The molecule has 1 amide bonds. The van der Waals surface area contributed by atoms with E-state index in [9.17, 15) is 13.2 Å².